The summed E-state index contributed by atoms with van der Waals surface area (Å²) in [7, 11) is -1.28. The zero-order chi connectivity index (χ0) is 4.28. The van der Waals surface area contributed by atoms with Crippen molar-refractivity contribution >= 4 is 10.6 Å². The van der Waals surface area contributed by atoms with Gasteiger partial charge in [0.15, 0.2) is 1.41 Å². The number of nitrogens with one attached hydrogen (secondary N) is 1. The van der Waals surface area contributed by atoms with E-state index >= 15 is 0 Å². The van der Waals surface area contributed by atoms with Gasteiger partial charge >= 0.3 is 0 Å². The first-order chi connectivity index (χ1) is 2.27. The molecule has 0 spiro atoms. The first-order valence-corrected chi connectivity index (χ1v) is 2.27. The van der Waals surface area contributed by atoms with Gasteiger partial charge in [0, 0.05) is 0 Å². The fourth-order valence-corrected chi connectivity index (χ4v) is 0. The van der Waals surface area contributed by atoms with Gasteiger partial charge in [-0.2, -0.15) is 10.6 Å². The molecule has 0 amide bonds. The first-order valence-electron chi connectivity index (χ1n) is 1.20. The zero-order valence-electron chi connectivity index (χ0n) is 3.26. The van der Waals surface area contributed by atoms with Crippen LogP contribution < -0.4 is 0 Å². The molecule has 3 heteroatoms. The van der Waals surface area contributed by atoms with E-state index < -0.39 is 10.6 Å². The van der Waals surface area contributed by atoms with Crippen molar-refractivity contribution in [2.45, 2.75) is 0 Å². The quantitative estimate of drug-likeness (QED) is 0.419. The summed E-state index contributed by atoms with van der Waals surface area (Å²) in [4.78, 5) is 0. The van der Waals surface area contributed by atoms with E-state index in [2.05, 4.69) is 4.77 Å². The van der Waals surface area contributed by atoms with Gasteiger partial charge < -0.3 is 8.98 Å². The fourth-order valence-electron chi connectivity index (χ4n) is 0. The van der Waals surface area contributed by atoms with Crippen LogP contribution in [0.5, 0.6) is 0 Å². The summed E-state index contributed by atoms with van der Waals surface area (Å²) in [5, 5.41) is 0. The summed E-state index contributed by atoms with van der Waals surface area (Å²) in [6.45, 7) is 0. The largest absolute Gasteiger partial charge is 0.445 e. The minimum absolute atomic E-state index is 1.28. The minimum Gasteiger partial charge on any atom is -0.445 e. The van der Waals surface area contributed by atoms with Gasteiger partial charge in [-0.05, 0) is 0 Å². The molecule has 26 valence electrons. The first kappa shape index (κ1) is 2.20. The average molecular weight is 80.1 g/mol. The van der Waals surface area contributed by atoms with Crippen molar-refractivity contribution in [1.82, 2.24) is 0 Å². The molecule has 0 atom stereocenters. The Kier molecular flexibility index (Phi) is 0.710. The molecular formula is CH4NOS-. The highest BCUT2D eigenvalue weighted by Crippen LogP contribution is 1.36. The van der Waals surface area contributed by atoms with Gasteiger partial charge in [-0.25, -0.2) is 0 Å². The molecule has 0 unspecified atom stereocenters. The molecule has 0 aliphatic heterocycles. The second-order valence-corrected chi connectivity index (χ2v) is 1.27. The summed E-state index contributed by atoms with van der Waals surface area (Å²) >= 11 is 0. The van der Waals surface area contributed by atoms with Gasteiger partial charge in [0.25, 0.3) is 0 Å². The van der Waals surface area contributed by atoms with E-state index in [0.717, 1.165) is 0 Å². The van der Waals surface area contributed by atoms with Crippen LogP contribution in [0.1, 0.15) is 0 Å². The van der Waals surface area contributed by atoms with E-state index in [1.165, 1.54) is 6.26 Å². The Morgan fingerprint density at radius 2 is 2.75 bits per heavy atom. The molecule has 0 radical (unpaired) electrons. The van der Waals surface area contributed by atoms with Crippen LogP contribution in [0.3, 0.4) is 0 Å². The summed E-state index contributed by atoms with van der Waals surface area (Å²) < 4.78 is 18.2. The molecule has 1 N–H and O–H groups in total. The predicted molar refractivity (Wildman–Crippen MR) is 16.7 cm³/mol. The smallest absolute Gasteiger partial charge is 0.153 e. The van der Waals surface area contributed by atoms with Crippen LogP contribution in [0.2, 0.25) is 1.41 Å². The van der Waals surface area contributed by atoms with Crippen molar-refractivity contribution in [3.8, 4) is 0 Å². The Labute approximate surface area is 28.3 Å². The number of rotatable bonds is 0. The van der Waals surface area contributed by atoms with Crippen LogP contribution in [0, 0.1) is 4.77 Å². The molecule has 0 aliphatic carbocycles. The highest BCUT2D eigenvalue weighted by atomic mass is 32.2. The Hall–Kier alpha value is -0.0500. The molecule has 0 rings (SSSR count). The summed E-state index contributed by atoms with van der Waals surface area (Å²) in [5.41, 5.74) is 0. The molecule has 0 aromatic rings. The molecule has 0 saturated carbocycles. The normalized spacial score (nSPS) is 19.8. The van der Waals surface area contributed by atoms with Gasteiger partial charge in [0.05, 0.1) is 0 Å². The summed E-state index contributed by atoms with van der Waals surface area (Å²) in [5.74, 6) is 0. The predicted octanol–water partition coefficient (Wildman–Crippen LogP) is 0.342. The van der Waals surface area contributed by atoms with Crippen LogP contribution in [-0.4, -0.2) is 6.26 Å². The third-order valence-electron chi connectivity index (χ3n) is 0. The van der Waals surface area contributed by atoms with Gasteiger partial charge in [0.1, 0.15) is 0 Å². The van der Waals surface area contributed by atoms with Crippen LogP contribution in [0.25, 0.3) is 0 Å². The highest BCUT2D eigenvalue weighted by Gasteiger charge is 1.19. The molecular weight excluding hydrogens is 74.1 g/mol. The monoisotopic (exact) mass is 80.0 g/mol. The van der Waals surface area contributed by atoms with Crippen molar-refractivity contribution in [3.63, 3.8) is 0 Å². The molecule has 0 bridgehead atoms. The van der Waals surface area contributed by atoms with Crippen LogP contribution in [-0.2, 0) is 14.8 Å². The molecule has 0 aliphatic rings. The Bertz CT molecular complexity index is 83.6. The lowest BCUT2D eigenvalue weighted by atomic mass is 12.0. The Morgan fingerprint density at radius 1 is 2.50 bits per heavy atom. The zero-order valence-corrected chi connectivity index (χ0v) is 3.08. The minimum atomic E-state index is -1.28. The van der Waals surface area contributed by atoms with E-state index in [1.54, 1.807) is 0 Å². The molecule has 0 aromatic carbocycles. The van der Waals surface area contributed by atoms with E-state index in [-0.39, 0.29) is 0 Å². The molecule has 0 aromatic heterocycles. The van der Waals surface area contributed by atoms with E-state index in [4.69, 9.17) is 1.41 Å². The van der Waals surface area contributed by atoms with Crippen molar-refractivity contribution in [3.05, 3.63) is 0 Å². The molecule has 0 saturated heterocycles. The maximum absolute atomic E-state index is 9.57. The van der Waals surface area contributed by atoms with E-state index in [1.807, 2.05) is 0 Å². The van der Waals surface area contributed by atoms with Crippen LogP contribution >= 0.6 is 0 Å². The van der Waals surface area contributed by atoms with Gasteiger partial charge in [-0.15, -0.1) is 6.26 Å². The maximum Gasteiger partial charge on any atom is 0.153 e. The van der Waals surface area contributed by atoms with Gasteiger partial charge in [0.2, 0.25) is 0 Å². The van der Waals surface area contributed by atoms with Crippen LogP contribution in [0.15, 0.2) is 0 Å². The fraction of sp³-hybridized carbons (Fsp3) is 1.00. The van der Waals surface area contributed by atoms with E-state index in [0.29, 0.717) is 0 Å². The third kappa shape index (κ3) is 704. The standard InChI is InChI=1S/CH4NOS/c1-4(2)3/h2H,1H3/q-1/i/hT. The number of hydrogen-bond donors (Lipinski definition) is 1. The lowest BCUT2D eigenvalue weighted by Gasteiger charge is -1.66. The van der Waals surface area contributed by atoms with E-state index in [9.17, 15) is 4.21 Å². The van der Waals surface area contributed by atoms with Crippen molar-refractivity contribution in [1.29, 1.82) is 4.77 Å². The highest BCUT2D eigenvalue weighted by molar-refractivity contribution is 7.72. The van der Waals surface area contributed by atoms with Crippen molar-refractivity contribution in [2.75, 3.05) is 6.26 Å². The maximum atomic E-state index is 9.57. The van der Waals surface area contributed by atoms with Crippen LogP contribution in [0.4, 0.5) is 0 Å². The topological polar surface area (TPSA) is 40.9 Å². The lowest BCUT2D eigenvalue weighted by Crippen LogP contribution is -1.48. The number of hydrogen-bond acceptors (Lipinski definition) is 3. The summed E-state index contributed by atoms with van der Waals surface area (Å²) in [6.07, 6.45) is 1.34. The Morgan fingerprint density at radius 3 is 2.75 bits per heavy atom. The van der Waals surface area contributed by atoms with Gasteiger partial charge in [-0.3, -0.25) is 0 Å². The van der Waals surface area contributed by atoms with Crippen molar-refractivity contribution < 1.29 is 5.62 Å². The molecule has 4 heavy (non-hydrogen) atoms. The second-order valence-electron chi connectivity index (χ2n) is 0.424. The second kappa shape index (κ2) is 1.29. The Balaban J connectivity index is 3.62. The van der Waals surface area contributed by atoms with Gasteiger partial charge in [-0.1, -0.05) is 0 Å². The molecule has 0 fully saturated rings. The lowest BCUT2D eigenvalue weighted by molar-refractivity contribution is 0.602. The molecule has 2 nitrogen and oxygen atoms in total. The third-order valence-corrected chi connectivity index (χ3v) is 0. The van der Waals surface area contributed by atoms with Crippen molar-refractivity contribution in [2.24, 2.45) is 0 Å². The average Bonchev–Trinajstić information content (AvgIpc) is 1.38. The molecule has 0 heterocycles. The SMILES string of the molecule is [3H]N=[S-](C)=O. The summed E-state index contributed by atoms with van der Waals surface area (Å²) in [6, 6.07) is 0.